The van der Waals surface area contributed by atoms with Gasteiger partial charge >= 0.3 is 0 Å². The van der Waals surface area contributed by atoms with E-state index >= 15 is 0 Å². The molecule has 2 bridgehead atoms. The second-order valence-electron chi connectivity index (χ2n) is 7.35. The number of hydrogen-bond acceptors (Lipinski definition) is 3. The average Bonchev–Trinajstić information content (AvgIpc) is 3.08. The third-order valence-electron chi connectivity index (χ3n) is 5.58. The molecule has 4 nitrogen and oxygen atoms in total. The van der Waals surface area contributed by atoms with E-state index in [0.29, 0.717) is 12.0 Å². The van der Waals surface area contributed by atoms with Gasteiger partial charge in [-0.15, -0.1) is 11.3 Å². The Kier molecular flexibility index (Phi) is 6.17. The van der Waals surface area contributed by atoms with Crippen LogP contribution in [0, 0.1) is 0 Å². The maximum absolute atomic E-state index is 4.86. The van der Waals surface area contributed by atoms with Crippen LogP contribution < -0.4 is 10.6 Å². The molecule has 0 spiro atoms. The summed E-state index contributed by atoms with van der Waals surface area (Å²) in [6.45, 7) is 6.16. The van der Waals surface area contributed by atoms with Gasteiger partial charge in [-0.1, -0.05) is 19.4 Å². The van der Waals surface area contributed by atoms with Crippen LogP contribution in [0.2, 0.25) is 0 Å². The minimum Gasteiger partial charge on any atom is -0.357 e. The van der Waals surface area contributed by atoms with E-state index in [1.807, 2.05) is 11.3 Å². The quantitative estimate of drug-likeness (QED) is 0.633. The molecule has 1 aromatic heterocycles. The maximum atomic E-state index is 4.86. The molecule has 0 aromatic carbocycles. The third-order valence-corrected chi connectivity index (χ3v) is 6.68. The Bertz CT molecular complexity index is 513. The molecule has 2 aliphatic rings. The number of nitrogens with zero attached hydrogens (tertiary/aromatic N) is 2. The van der Waals surface area contributed by atoms with Crippen LogP contribution in [-0.4, -0.2) is 49.1 Å². The van der Waals surface area contributed by atoms with Gasteiger partial charge < -0.3 is 15.5 Å². The lowest BCUT2D eigenvalue weighted by atomic mass is 9.82. The van der Waals surface area contributed by atoms with Crippen molar-refractivity contribution < 1.29 is 0 Å². The van der Waals surface area contributed by atoms with Gasteiger partial charge in [0.2, 0.25) is 0 Å². The molecule has 0 aliphatic carbocycles. The van der Waals surface area contributed by atoms with Crippen LogP contribution in [0.5, 0.6) is 0 Å². The Morgan fingerprint density at radius 2 is 2.12 bits per heavy atom. The highest BCUT2D eigenvalue weighted by Gasteiger charge is 2.36. The van der Waals surface area contributed by atoms with Gasteiger partial charge in [-0.3, -0.25) is 4.99 Å². The van der Waals surface area contributed by atoms with Gasteiger partial charge in [0.05, 0.1) is 6.54 Å². The molecule has 3 unspecified atom stereocenters. The number of piperidine rings is 2. The Labute approximate surface area is 150 Å². The number of guanidine groups is 1. The highest BCUT2D eigenvalue weighted by atomic mass is 32.1. The van der Waals surface area contributed by atoms with E-state index in [2.05, 4.69) is 53.9 Å². The van der Waals surface area contributed by atoms with Crippen molar-refractivity contribution in [1.29, 1.82) is 0 Å². The largest absolute Gasteiger partial charge is 0.357 e. The van der Waals surface area contributed by atoms with Gasteiger partial charge in [-0.25, -0.2) is 0 Å². The second kappa shape index (κ2) is 8.34. The molecule has 2 fully saturated rings. The second-order valence-corrected chi connectivity index (χ2v) is 8.33. The summed E-state index contributed by atoms with van der Waals surface area (Å²) in [5.74, 6) is 1.48. The van der Waals surface area contributed by atoms with Gasteiger partial charge in [0.25, 0.3) is 0 Å². The molecule has 0 saturated carbocycles. The predicted octanol–water partition coefficient (Wildman–Crippen LogP) is 3.42. The molecule has 1 aromatic rings. The van der Waals surface area contributed by atoms with E-state index in [9.17, 15) is 0 Å². The Balaban J connectivity index is 1.58. The van der Waals surface area contributed by atoms with E-state index in [4.69, 9.17) is 4.99 Å². The van der Waals surface area contributed by atoms with E-state index in [0.717, 1.165) is 31.1 Å². The lowest BCUT2D eigenvalue weighted by Gasteiger charge is -2.47. The summed E-state index contributed by atoms with van der Waals surface area (Å²) < 4.78 is 0. The number of nitrogens with one attached hydrogen (secondary N) is 2. The van der Waals surface area contributed by atoms with Crippen LogP contribution in [-0.2, 0) is 0 Å². The van der Waals surface area contributed by atoms with Crippen molar-refractivity contribution in [3.63, 3.8) is 0 Å². The smallest absolute Gasteiger partial charge is 0.191 e. The summed E-state index contributed by atoms with van der Waals surface area (Å²) in [5.41, 5.74) is 0. The summed E-state index contributed by atoms with van der Waals surface area (Å²) in [4.78, 5) is 8.90. The standard InChI is InChI=1S/C19H32N4S/c1-4-20-19(21-13-14(2)18-9-6-10-24-18)22-15-11-16-7-5-8-17(12-15)23(16)3/h6,9-10,14-17H,4-5,7-8,11-13H2,1-3H3,(H2,20,21,22). The first-order valence-corrected chi connectivity index (χ1v) is 10.4. The van der Waals surface area contributed by atoms with Crippen molar-refractivity contribution in [2.45, 2.75) is 70.0 Å². The van der Waals surface area contributed by atoms with Crippen LogP contribution in [0.4, 0.5) is 0 Å². The van der Waals surface area contributed by atoms with Crippen molar-refractivity contribution in [2.24, 2.45) is 4.99 Å². The topological polar surface area (TPSA) is 39.7 Å². The zero-order chi connectivity index (χ0) is 16.9. The number of hydrogen-bond donors (Lipinski definition) is 2. The molecule has 0 amide bonds. The summed E-state index contributed by atoms with van der Waals surface area (Å²) in [6, 6.07) is 6.40. The van der Waals surface area contributed by atoms with E-state index in [1.54, 1.807) is 0 Å². The fourth-order valence-electron chi connectivity index (χ4n) is 4.14. The lowest BCUT2D eigenvalue weighted by Crippen LogP contribution is -2.56. The molecule has 3 atom stereocenters. The SMILES string of the molecule is CCNC(=NCC(C)c1cccs1)NC1CC2CCCC(C1)N2C. The van der Waals surface area contributed by atoms with Crippen molar-refractivity contribution in [3.05, 3.63) is 22.4 Å². The molecule has 2 aliphatic heterocycles. The monoisotopic (exact) mass is 348 g/mol. The van der Waals surface area contributed by atoms with Crippen molar-refractivity contribution in [2.75, 3.05) is 20.1 Å². The first kappa shape index (κ1) is 17.7. The number of aliphatic imine (C=N–C) groups is 1. The minimum absolute atomic E-state index is 0.484. The van der Waals surface area contributed by atoms with E-state index in [1.165, 1.54) is 37.0 Å². The maximum Gasteiger partial charge on any atom is 0.191 e. The summed E-state index contributed by atoms with van der Waals surface area (Å²) in [7, 11) is 2.31. The molecular weight excluding hydrogens is 316 g/mol. The zero-order valence-electron chi connectivity index (χ0n) is 15.3. The number of fused-ring (bicyclic) bond motifs is 2. The third kappa shape index (κ3) is 4.31. The van der Waals surface area contributed by atoms with Crippen molar-refractivity contribution in [1.82, 2.24) is 15.5 Å². The normalized spacial score (nSPS) is 29.3. The van der Waals surface area contributed by atoms with Crippen LogP contribution in [0.3, 0.4) is 0 Å². The average molecular weight is 349 g/mol. The Morgan fingerprint density at radius 3 is 2.75 bits per heavy atom. The van der Waals surface area contributed by atoms with Crippen LogP contribution in [0.15, 0.2) is 22.5 Å². The summed E-state index contributed by atoms with van der Waals surface area (Å²) in [5, 5.41) is 9.31. The molecule has 3 rings (SSSR count). The first-order valence-electron chi connectivity index (χ1n) is 9.47. The number of thiophene rings is 1. The van der Waals surface area contributed by atoms with Gasteiger partial charge in [0.15, 0.2) is 5.96 Å². The van der Waals surface area contributed by atoms with Gasteiger partial charge in [-0.05, 0) is 51.1 Å². The molecule has 2 N–H and O–H groups in total. The summed E-state index contributed by atoms with van der Waals surface area (Å²) in [6.07, 6.45) is 6.61. The molecule has 3 heterocycles. The summed E-state index contributed by atoms with van der Waals surface area (Å²) >= 11 is 1.83. The van der Waals surface area contributed by atoms with Gasteiger partial charge in [0.1, 0.15) is 0 Å². The van der Waals surface area contributed by atoms with Crippen molar-refractivity contribution >= 4 is 17.3 Å². The Hall–Kier alpha value is -1.07. The molecule has 134 valence electrons. The Morgan fingerprint density at radius 1 is 1.38 bits per heavy atom. The predicted molar refractivity (Wildman–Crippen MR) is 104 cm³/mol. The van der Waals surface area contributed by atoms with E-state index in [-0.39, 0.29) is 0 Å². The molecular formula is C19H32N4S. The zero-order valence-corrected chi connectivity index (χ0v) is 16.1. The van der Waals surface area contributed by atoms with Gasteiger partial charge in [-0.2, -0.15) is 0 Å². The van der Waals surface area contributed by atoms with Gasteiger partial charge in [0, 0.05) is 35.5 Å². The minimum atomic E-state index is 0.484. The van der Waals surface area contributed by atoms with Crippen LogP contribution in [0.25, 0.3) is 0 Å². The molecule has 2 saturated heterocycles. The fraction of sp³-hybridized carbons (Fsp3) is 0.737. The highest BCUT2D eigenvalue weighted by molar-refractivity contribution is 7.10. The van der Waals surface area contributed by atoms with Crippen molar-refractivity contribution in [3.8, 4) is 0 Å². The lowest BCUT2D eigenvalue weighted by molar-refractivity contribution is 0.0526. The highest BCUT2D eigenvalue weighted by Crippen LogP contribution is 2.32. The number of rotatable bonds is 5. The molecule has 5 heteroatoms. The van der Waals surface area contributed by atoms with Crippen LogP contribution in [0.1, 0.15) is 56.7 Å². The molecule has 24 heavy (non-hydrogen) atoms. The molecule has 0 radical (unpaired) electrons. The van der Waals surface area contributed by atoms with E-state index < -0.39 is 0 Å². The fourth-order valence-corrected chi connectivity index (χ4v) is 4.92. The first-order chi connectivity index (χ1) is 11.7. The van der Waals surface area contributed by atoms with Crippen LogP contribution >= 0.6 is 11.3 Å².